The number of nitrogens with one attached hydrogen (secondary N) is 2. The maximum absolute atomic E-state index is 12.6. The minimum absolute atomic E-state index is 0.0941. The molecule has 2 rings (SSSR count). The topological polar surface area (TPSA) is 234 Å². The first-order valence-electron chi connectivity index (χ1n) is 14.2. The number of likely N-dealkylation sites (tertiary alicyclic amines) is 1. The highest BCUT2D eigenvalue weighted by Crippen LogP contribution is 2.45. The molecule has 8 atom stereocenters. The third-order valence-electron chi connectivity index (χ3n) is 7.14. The molecule has 6 unspecified atom stereocenters. The Morgan fingerprint density at radius 3 is 2.38 bits per heavy atom. The number of ether oxygens (including phenoxy) is 2. The lowest BCUT2D eigenvalue weighted by Gasteiger charge is -2.42. The van der Waals surface area contributed by atoms with E-state index in [9.17, 15) is 44.3 Å². The summed E-state index contributed by atoms with van der Waals surface area (Å²) in [5, 5.41) is 44.5. The van der Waals surface area contributed by atoms with Crippen molar-refractivity contribution >= 4 is 25.5 Å². The highest BCUT2D eigenvalue weighted by molar-refractivity contribution is 7.47. The van der Waals surface area contributed by atoms with E-state index in [1.165, 1.54) is 11.8 Å². The zero-order chi connectivity index (χ0) is 31.3. The van der Waals surface area contributed by atoms with Gasteiger partial charge in [0.1, 0.15) is 24.4 Å². The van der Waals surface area contributed by atoms with Crippen LogP contribution in [-0.4, -0.2) is 131 Å². The summed E-state index contributed by atoms with van der Waals surface area (Å²) in [5.74, 6) is -0.766. The molecule has 244 valence electrons. The molecule has 0 aromatic heterocycles. The van der Waals surface area contributed by atoms with E-state index < -0.39 is 63.1 Å². The summed E-state index contributed by atoms with van der Waals surface area (Å²) < 4.78 is 32.2. The van der Waals surface area contributed by atoms with Gasteiger partial charge < -0.3 is 50.3 Å². The monoisotopic (exact) mass is 627 g/mol. The minimum atomic E-state index is -4.19. The van der Waals surface area contributed by atoms with Gasteiger partial charge >= 0.3 is 7.82 Å². The molecule has 0 radical (unpaired) electrons. The Morgan fingerprint density at radius 2 is 1.74 bits per heavy atom. The first kappa shape index (κ1) is 36.5. The van der Waals surface area contributed by atoms with Gasteiger partial charge in [0.2, 0.25) is 17.7 Å². The number of rotatable bonds is 18. The zero-order valence-electron chi connectivity index (χ0n) is 24.1. The van der Waals surface area contributed by atoms with E-state index >= 15 is 0 Å². The standard InChI is InChI=1S/C25H46N3O13P/c1-16(31)27-22-24(35)23(34)19(15-30)40-25(22)39-11-7-5-8-20(32)26-10-6-3-4-9-21(33)28-13-18(12-17(28)14-29)41-42(36,37)38-2/h17-19,22-25,29-30,34-35H,3-15H2,1-2H3,(H,26,32)(H,27,31)(H,36,37)/t17-,18+,19?,22?,23?,24?,25?/m0/s1. The second-order valence-corrected chi connectivity index (χ2v) is 11.9. The van der Waals surface area contributed by atoms with Crippen molar-refractivity contribution in [3.8, 4) is 0 Å². The lowest BCUT2D eigenvalue weighted by atomic mass is 9.97. The average molecular weight is 628 g/mol. The SMILES string of the molecule is COP(=O)(O)O[C@@H]1C[C@@H](CO)N(C(=O)CCCCCNC(=O)CCCCOC2OC(CO)C(O)C(O)C2NC(C)=O)C1. The smallest absolute Gasteiger partial charge is 0.394 e. The molecule has 2 fully saturated rings. The fourth-order valence-corrected chi connectivity index (χ4v) is 5.51. The minimum Gasteiger partial charge on any atom is -0.394 e. The average Bonchev–Trinajstić information content (AvgIpc) is 3.35. The van der Waals surface area contributed by atoms with Crippen molar-refractivity contribution in [2.45, 2.75) is 101 Å². The second kappa shape index (κ2) is 18.2. The highest BCUT2D eigenvalue weighted by Gasteiger charge is 2.45. The van der Waals surface area contributed by atoms with Crippen LogP contribution in [0.5, 0.6) is 0 Å². The largest absolute Gasteiger partial charge is 0.472 e. The first-order chi connectivity index (χ1) is 19.9. The van der Waals surface area contributed by atoms with Crippen molar-refractivity contribution in [3.05, 3.63) is 0 Å². The summed E-state index contributed by atoms with van der Waals surface area (Å²) in [5.41, 5.74) is 0. The number of phosphoric ester groups is 1. The third-order valence-corrected chi connectivity index (χ3v) is 8.17. The van der Waals surface area contributed by atoms with Gasteiger partial charge in [0.15, 0.2) is 6.29 Å². The van der Waals surface area contributed by atoms with Gasteiger partial charge in [-0.25, -0.2) is 4.57 Å². The first-order valence-corrected chi connectivity index (χ1v) is 15.7. The molecule has 0 aliphatic carbocycles. The van der Waals surface area contributed by atoms with E-state index in [4.69, 9.17) is 14.0 Å². The molecule has 42 heavy (non-hydrogen) atoms. The van der Waals surface area contributed by atoms with E-state index in [-0.39, 0.29) is 50.8 Å². The number of carbonyl (C=O) groups is 3. The molecule has 2 heterocycles. The molecule has 7 N–H and O–H groups in total. The molecule has 2 aliphatic heterocycles. The lowest BCUT2D eigenvalue weighted by Crippen LogP contribution is -2.64. The van der Waals surface area contributed by atoms with Crippen LogP contribution in [0.4, 0.5) is 0 Å². The number of nitrogens with zero attached hydrogens (tertiary/aromatic N) is 1. The van der Waals surface area contributed by atoms with Gasteiger partial charge in [-0.05, 0) is 32.1 Å². The molecule has 3 amide bonds. The number of amides is 3. The van der Waals surface area contributed by atoms with E-state index in [0.717, 1.165) is 7.11 Å². The van der Waals surface area contributed by atoms with Crippen molar-refractivity contribution < 1.29 is 62.8 Å². The molecule has 0 aromatic rings. The van der Waals surface area contributed by atoms with Gasteiger partial charge in [0.05, 0.1) is 25.4 Å². The molecule has 0 aromatic carbocycles. The van der Waals surface area contributed by atoms with Crippen molar-refractivity contribution in [3.63, 3.8) is 0 Å². The van der Waals surface area contributed by atoms with Crippen molar-refractivity contribution in [2.75, 3.05) is 40.0 Å². The van der Waals surface area contributed by atoms with E-state index in [0.29, 0.717) is 38.6 Å². The molecule has 2 saturated heterocycles. The van der Waals surface area contributed by atoms with Gasteiger partial charge in [-0.1, -0.05) is 6.42 Å². The molecule has 16 nitrogen and oxygen atoms in total. The third kappa shape index (κ3) is 11.8. The number of phosphoric acid groups is 1. The Balaban J connectivity index is 1.58. The zero-order valence-corrected chi connectivity index (χ0v) is 25.0. The lowest BCUT2D eigenvalue weighted by molar-refractivity contribution is -0.270. The van der Waals surface area contributed by atoms with Crippen molar-refractivity contribution in [1.29, 1.82) is 0 Å². The van der Waals surface area contributed by atoms with Crippen molar-refractivity contribution in [2.24, 2.45) is 0 Å². The summed E-state index contributed by atoms with van der Waals surface area (Å²) in [6.07, 6.45) is -1.95. The van der Waals surface area contributed by atoms with Crippen LogP contribution in [0.3, 0.4) is 0 Å². The van der Waals surface area contributed by atoms with E-state index in [2.05, 4.69) is 15.2 Å². The maximum Gasteiger partial charge on any atom is 0.472 e. The predicted octanol–water partition coefficient (Wildman–Crippen LogP) is -1.48. The number of hydrogen-bond donors (Lipinski definition) is 7. The fraction of sp³-hybridized carbons (Fsp3) is 0.880. The Morgan fingerprint density at radius 1 is 1.02 bits per heavy atom. The quantitative estimate of drug-likeness (QED) is 0.0679. The number of carbonyl (C=O) groups excluding carboxylic acids is 3. The summed E-state index contributed by atoms with van der Waals surface area (Å²) in [6, 6.07) is -1.51. The van der Waals surface area contributed by atoms with Gasteiger partial charge in [0, 0.05) is 46.6 Å². The Labute approximate surface area is 245 Å². The van der Waals surface area contributed by atoms with Gasteiger partial charge in [-0.3, -0.25) is 23.4 Å². The molecular weight excluding hydrogens is 581 g/mol. The highest BCUT2D eigenvalue weighted by atomic mass is 31.2. The van der Waals surface area contributed by atoms with Crippen LogP contribution in [0.2, 0.25) is 0 Å². The van der Waals surface area contributed by atoms with Crippen LogP contribution in [0, 0.1) is 0 Å². The van der Waals surface area contributed by atoms with E-state index in [1.807, 2.05) is 0 Å². The Hall–Kier alpha value is -1.72. The second-order valence-electron chi connectivity index (χ2n) is 10.4. The summed E-state index contributed by atoms with van der Waals surface area (Å²) in [6.45, 7) is 1.14. The number of aliphatic hydroxyl groups is 4. The van der Waals surface area contributed by atoms with Crippen LogP contribution < -0.4 is 10.6 Å². The number of unbranched alkanes of at least 4 members (excludes halogenated alkanes) is 3. The molecular formula is C25H46N3O13P. The number of hydrogen-bond acceptors (Lipinski definition) is 12. The summed E-state index contributed by atoms with van der Waals surface area (Å²) in [7, 11) is -3.14. The van der Waals surface area contributed by atoms with Crippen LogP contribution in [0.25, 0.3) is 0 Å². The number of aliphatic hydroxyl groups excluding tert-OH is 4. The molecule has 17 heteroatoms. The van der Waals surface area contributed by atoms with Crippen molar-refractivity contribution in [1.82, 2.24) is 15.5 Å². The molecule has 0 bridgehead atoms. The van der Waals surface area contributed by atoms with E-state index in [1.54, 1.807) is 0 Å². The van der Waals surface area contributed by atoms with Gasteiger partial charge in [0.25, 0.3) is 0 Å². The van der Waals surface area contributed by atoms with Crippen LogP contribution >= 0.6 is 7.82 Å². The summed E-state index contributed by atoms with van der Waals surface area (Å²) >= 11 is 0. The van der Waals surface area contributed by atoms with Crippen LogP contribution in [-0.2, 0) is 37.5 Å². The summed E-state index contributed by atoms with van der Waals surface area (Å²) in [4.78, 5) is 47.1. The Bertz CT molecular complexity index is 913. The molecule has 0 saturated carbocycles. The van der Waals surface area contributed by atoms with Crippen LogP contribution in [0.1, 0.15) is 58.3 Å². The van der Waals surface area contributed by atoms with Gasteiger partial charge in [-0.15, -0.1) is 0 Å². The predicted molar refractivity (Wildman–Crippen MR) is 146 cm³/mol. The molecule has 2 aliphatic rings. The fourth-order valence-electron chi connectivity index (χ4n) is 4.90. The maximum atomic E-state index is 12.6. The Kier molecular flexibility index (Phi) is 15.8. The van der Waals surface area contributed by atoms with Gasteiger partial charge in [-0.2, -0.15) is 0 Å². The molecule has 0 spiro atoms. The normalized spacial score (nSPS) is 29.2. The van der Waals surface area contributed by atoms with Crippen LogP contribution in [0.15, 0.2) is 0 Å².